The lowest BCUT2D eigenvalue weighted by Crippen LogP contribution is -2.24. The summed E-state index contributed by atoms with van der Waals surface area (Å²) >= 11 is 3.36. The fraction of sp³-hybridized carbons (Fsp3) is 0.227. The summed E-state index contributed by atoms with van der Waals surface area (Å²) in [7, 11) is 0. The lowest BCUT2D eigenvalue weighted by molar-refractivity contribution is -0.119. The molecule has 0 bridgehead atoms. The molecule has 0 saturated heterocycles. The fourth-order valence-electron chi connectivity index (χ4n) is 3.29. The van der Waals surface area contributed by atoms with E-state index in [9.17, 15) is 9.59 Å². The molecule has 1 N–H and O–H groups in total. The number of fused-ring (bicyclic) bond motifs is 1. The van der Waals surface area contributed by atoms with Crippen LogP contribution >= 0.6 is 15.9 Å². The molecule has 0 aliphatic heterocycles. The number of ether oxygens (including phenoxy) is 1. The number of carbonyl (C=O) groups is 2. The standard InChI is InChI=1S/C22H21BrN6O3/c1-3-32-22(31)18-11-26-29-19(7-8-24-20(18)29)15-5-4-6-17(9-15)27-21(30)14(2)12-28-13-16(23)10-25-28/h4-11,13-14H,3,12H2,1-2H3,(H,27,30). The van der Waals surface area contributed by atoms with Gasteiger partial charge in [0.05, 0.1) is 41.6 Å². The molecule has 1 aromatic carbocycles. The molecular formula is C22H21BrN6O3. The van der Waals surface area contributed by atoms with E-state index in [1.54, 1.807) is 34.6 Å². The molecule has 10 heteroatoms. The van der Waals surface area contributed by atoms with Gasteiger partial charge < -0.3 is 10.1 Å². The van der Waals surface area contributed by atoms with Crippen LogP contribution in [0, 0.1) is 5.92 Å². The number of esters is 1. The Morgan fingerprint density at radius 1 is 1.22 bits per heavy atom. The van der Waals surface area contributed by atoms with Crippen molar-refractivity contribution in [2.24, 2.45) is 5.92 Å². The maximum atomic E-state index is 12.7. The number of nitrogens with one attached hydrogen (secondary N) is 1. The van der Waals surface area contributed by atoms with Gasteiger partial charge in [0.25, 0.3) is 0 Å². The van der Waals surface area contributed by atoms with Crippen molar-refractivity contribution >= 4 is 39.1 Å². The zero-order chi connectivity index (χ0) is 22.7. The van der Waals surface area contributed by atoms with Crippen LogP contribution in [0.3, 0.4) is 0 Å². The molecule has 3 aromatic heterocycles. The topological polar surface area (TPSA) is 103 Å². The molecule has 32 heavy (non-hydrogen) atoms. The Morgan fingerprint density at radius 2 is 2.06 bits per heavy atom. The van der Waals surface area contributed by atoms with Crippen molar-refractivity contribution in [2.45, 2.75) is 20.4 Å². The minimum absolute atomic E-state index is 0.114. The Kier molecular flexibility index (Phi) is 6.31. The van der Waals surface area contributed by atoms with Crippen molar-refractivity contribution in [3.63, 3.8) is 0 Å². The van der Waals surface area contributed by atoms with Crippen LogP contribution in [0.4, 0.5) is 5.69 Å². The number of amides is 1. The molecule has 1 unspecified atom stereocenters. The highest BCUT2D eigenvalue weighted by atomic mass is 79.9. The van der Waals surface area contributed by atoms with E-state index in [-0.39, 0.29) is 18.4 Å². The van der Waals surface area contributed by atoms with Crippen molar-refractivity contribution < 1.29 is 14.3 Å². The second kappa shape index (κ2) is 9.31. The van der Waals surface area contributed by atoms with Gasteiger partial charge in [0, 0.05) is 23.6 Å². The van der Waals surface area contributed by atoms with Gasteiger partial charge in [-0.25, -0.2) is 14.3 Å². The number of aromatic nitrogens is 5. The minimum atomic E-state index is -0.466. The van der Waals surface area contributed by atoms with Crippen molar-refractivity contribution in [3.05, 3.63) is 65.2 Å². The molecule has 3 heterocycles. The van der Waals surface area contributed by atoms with E-state index in [0.29, 0.717) is 23.4 Å². The van der Waals surface area contributed by atoms with Gasteiger partial charge in [0.15, 0.2) is 5.65 Å². The molecule has 164 valence electrons. The predicted molar refractivity (Wildman–Crippen MR) is 122 cm³/mol. The normalized spacial score (nSPS) is 12.0. The van der Waals surface area contributed by atoms with Crippen LogP contribution < -0.4 is 5.32 Å². The quantitative estimate of drug-likeness (QED) is 0.390. The van der Waals surface area contributed by atoms with Gasteiger partial charge in [-0.05, 0) is 41.1 Å². The molecule has 0 fully saturated rings. The number of benzene rings is 1. The maximum Gasteiger partial charge on any atom is 0.343 e. The van der Waals surface area contributed by atoms with Gasteiger partial charge in [-0.3, -0.25) is 9.48 Å². The molecule has 0 aliphatic carbocycles. The van der Waals surface area contributed by atoms with Crippen molar-refractivity contribution in [1.29, 1.82) is 0 Å². The molecule has 0 radical (unpaired) electrons. The van der Waals surface area contributed by atoms with Crippen LogP contribution in [0.1, 0.15) is 24.2 Å². The predicted octanol–water partition coefficient (Wildman–Crippen LogP) is 3.81. The number of halogens is 1. The molecule has 0 spiro atoms. The van der Waals surface area contributed by atoms with E-state index < -0.39 is 5.97 Å². The van der Waals surface area contributed by atoms with Gasteiger partial charge in [0.2, 0.25) is 5.91 Å². The lowest BCUT2D eigenvalue weighted by Gasteiger charge is -2.13. The number of hydrogen-bond acceptors (Lipinski definition) is 6. The van der Waals surface area contributed by atoms with Gasteiger partial charge >= 0.3 is 5.97 Å². The largest absolute Gasteiger partial charge is 0.462 e. The van der Waals surface area contributed by atoms with Crippen molar-refractivity contribution in [2.75, 3.05) is 11.9 Å². The van der Waals surface area contributed by atoms with Gasteiger partial charge in [-0.15, -0.1) is 0 Å². The Bertz CT molecular complexity index is 1280. The first kappa shape index (κ1) is 21.7. The second-order valence-electron chi connectivity index (χ2n) is 7.20. The van der Waals surface area contributed by atoms with Gasteiger partial charge in [-0.1, -0.05) is 19.1 Å². The Morgan fingerprint density at radius 3 is 2.81 bits per heavy atom. The molecule has 0 aliphatic rings. The number of nitrogens with zero attached hydrogens (tertiary/aromatic N) is 5. The molecular weight excluding hydrogens is 476 g/mol. The smallest absolute Gasteiger partial charge is 0.343 e. The number of hydrogen-bond donors (Lipinski definition) is 1. The molecule has 9 nitrogen and oxygen atoms in total. The van der Waals surface area contributed by atoms with Crippen LogP contribution in [0.15, 0.2) is 59.6 Å². The van der Waals surface area contributed by atoms with E-state index in [1.807, 2.05) is 37.4 Å². The second-order valence-corrected chi connectivity index (χ2v) is 8.11. The van der Waals surface area contributed by atoms with Crippen molar-refractivity contribution in [3.8, 4) is 11.3 Å². The third-order valence-corrected chi connectivity index (χ3v) is 5.24. The zero-order valence-electron chi connectivity index (χ0n) is 17.5. The third-order valence-electron chi connectivity index (χ3n) is 4.83. The first-order valence-corrected chi connectivity index (χ1v) is 10.8. The number of rotatable bonds is 7. The Balaban J connectivity index is 1.56. The number of carbonyl (C=O) groups excluding carboxylic acids is 2. The Hall–Kier alpha value is -3.53. The summed E-state index contributed by atoms with van der Waals surface area (Å²) in [5, 5.41) is 11.5. The maximum absolute atomic E-state index is 12.7. The van der Waals surface area contributed by atoms with Crippen LogP contribution in [0.5, 0.6) is 0 Å². The number of anilines is 1. The van der Waals surface area contributed by atoms with E-state index in [0.717, 1.165) is 15.7 Å². The van der Waals surface area contributed by atoms with E-state index in [2.05, 4.69) is 36.4 Å². The molecule has 4 aromatic rings. The summed E-state index contributed by atoms with van der Waals surface area (Å²) in [4.78, 5) is 29.1. The minimum Gasteiger partial charge on any atom is -0.462 e. The van der Waals surface area contributed by atoms with Crippen LogP contribution in [0.2, 0.25) is 0 Å². The SMILES string of the molecule is CCOC(=O)c1cnn2c(-c3cccc(NC(=O)C(C)Cn4cc(Br)cn4)c3)ccnc12. The highest BCUT2D eigenvalue weighted by Gasteiger charge is 2.18. The molecule has 0 saturated carbocycles. The summed E-state index contributed by atoms with van der Waals surface area (Å²) in [6.07, 6.45) is 6.58. The summed E-state index contributed by atoms with van der Waals surface area (Å²) < 4.78 is 9.26. The monoisotopic (exact) mass is 496 g/mol. The summed E-state index contributed by atoms with van der Waals surface area (Å²) in [5.74, 6) is -0.861. The molecule has 1 atom stereocenters. The average molecular weight is 497 g/mol. The summed E-state index contributed by atoms with van der Waals surface area (Å²) in [6, 6.07) is 9.23. The van der Waals surface area contributed by atoms with Crippen LogP contribution in [-0.4, -0.2) is 42.9 Å². The van der Waals surface area contributed by atoms with Crippen LogP contribution in [-0.2, 0) is 16.1 Å². The first-order chi connectivity index (χ1) is 15.5. The van der Waals surface area contributed by atoms with Gasteiger partial charge in [-0.2, -0.15) is 10.2 Å². The first-order valence-electron chi connectivity index (χ1n) is 10.1. The lowest BCUT2D eigenvalue weighted by atomic mass is 10.1. The highest BCUT2D eigenvalue weighted by molar-refractivity contribution is 9.10. The fourth-order valence-corrected chi connectivity index (χ4v) is 3.61. The Labute approximate surface area is 192 Å². The highest BCUT2D eigenvalue weighted by Crippen LogP contribution is 2.24. The van der Waals surface area contributed by atoms with E-state index in [4.69, 9.17) is 4.74 Å². The molecule has 4 rings (SSSR count). The van der Waals surface area contributed by atoms with Crippen molar-refractivity contribution in [1.82, 2.24) is 24.4 Å². The average Bonchev–Trinajstić information content (AvgIpc) is 3.40. The third kappa shape index (κ3) is 4.54. The zero-order valence-corrected chi connectivity index (χ0v) is 19.1. The summed E-state index contributed by atoms with van der Waals surface area (Å²) in [6.45, 7) is 4.33. The van der Waals surface area contributed by atoms with Gasteiger partial charge in [0.1, 0.15) is 5.56 Å². The van der Waals surface area contributed by atoms with E-state index in [1.165, 1.54) is 6.20 Å². The van der Waals surface area contributed by atoms with E-state index >= 15 is 0 Å². The van der Waals surface area contributed by atoms with Crippen LogP contribution in [0.25, 0.3) is 16.9 Å². The summed E-state index contributed by atoms with van der Waals surface area (Å²) in [5.41, 5.74) is 2.92. The molecule has 1 amide bonds.